The Morgan fingerprint density at radius 2 is 1.94 bits per heavy atom. The number of ether oxygens (including phenoxy) is 1. The Kier molecular flexibility index (Phi) is 5.42. The molecule has 2 saturated heterocycles. The van der Waals surface area contributed by atoms with Crippen molar-refractivity contribution in [1.29, 1.82) is 0 Å². The van der Waals surface area contributed by atoms with Crippen molar-refractivity contribution in [3.63, 3.8) is 0 Å². The van der Waals surface area contributed by atoms with Crippen molar-refractivity contribution in [1.82, 2.24) is 9.80 Å². The molecule has 4 nitrogen and oxygen atoms in total. The largest absolute Gasteiger partial charge is 0.379 e. The molecule has 0 aromatic heterocycles. The highest BCUT2D eigenvalue weighted by molar-refractivity contribution is 4.88. The van der Waals surface area contributed by atoms with E-state index in [1.54, 1.807) is 0 Å². The lowest BCUT2D eigenvalue weighted by Crippen LogP contribution is -2.46. The molecule has 106 valence electrons. The molecule has 0 bridgehead atoms. The van der Waals surface area contributed by atoms with E-state index in [0.29, 0.717) is 6.04 Å². The number of hydrogen-bond donors (Lipinski definition) is 1. The third kappa shape index (κ3) is 3.67. The monoisotopic (exact) mass is 255 g/mol. The minimum absolute atomic E-state index is 0.580. The molecule has 2 fully saturated rings. The van der Waals surface area contributed by atoms with Gasteiger partial charge < -0.3 is 10.5 Å². The van der Waals surface area contributed by atoms with Crippen molar-refractivity contribution >= 4 is 0 Å². The van der Waals surface area contributed by atoms with E-state index in [1.165, 1.54) is 25.9 Å². The number of morpholine rings is 1. The molecule has 2 heterocycles. The molecule has 2 N–H and O–H groups in total. The van der Waals surface area contributed by atoms with E-state index in [9.17, 15) is 0 Å². The molecule has 2 aliphatic heterocycles. The van der Waals surface area contributed by atoms with E-state index in [0.717, 1.165) is 44.8 Å². The summed E-state index contributed by atoms with van der Waals surface area (Å²) < 4.78 is 5.43. The smallest absolute Gasteiger partial charge is 0.0594 e. The van der Waals surface area contributed by atoms with E-state index < -0.39 is 0 Å². The van der Waals surface area contributed by atoms with Gasteiger partial charge in [-0.05, 0) is 18.8 Å². The third-order valence-corrected chi connectivity index (χ3v) is 4.29. The summed E-state index contributed by atoms with van der Waals surface area (Å²) in [5.41, 5.74) is 5.95. The molecular formula is C14H29N3O. The summed E-state index contributed by atoms with van der Waals surface area (Å²) in [6, 6.07) is 1.31. The van der Waals surface area contributed by atoms with Crippen molar-refractivity contribution in [3.05, 3.63) is 0 Å². The number of hydrogen-bond acceptors (Lipinski definition) is 4. The fourth-order valence-electron chi connectivity index (χ4n) is 3.28. The molecule has 0 amide bonds. The first-order chi connectivity index (χ1) is 8.70. The van der Waals surface area contributed by atoms with Crippen LogP contribution in [-0.4, -0.2) is 67.8 Å². The van der Waals surface area contributed by atoms with E-state index >= 15 is 0 Å². The highest BCUT2D eigenvalue weighted by Crippen LogP contribution is 2.21. The van der Waals surface area contributed by atoms with E-state index in [2.05, 4.69) is 23.6 Å². The molecule has 0 aliphatic carbocycles. The number of rotatable bonds is 5. The Hall–Kier alpha value is -0.160. The van der Waals surface area contributed by atoms with E-state index in [1.807, 2.05) is 0 Å². The zero-order valence-electron chi connectivity index (χ0n) is 12.0. The maximum absolute atomic E-state index is 5.95. The highest BCUT2D eigenvalue weighted by atomic mass is 16.5. The van der Waals surface area contributed by atoms with Crippen LogP contribution >= 0.6 is 0 Å². The number of likely N-dealkylation sites (tertiary alicyclic amines) is 1. The molecule has 0 spiro atoms. The number of nitrogens with zero attached hydrogens (tertiary/aromatic N) is 2. The van der Waals surface area contributed by atoms with Gasteiger partial charge in [-0.15, -0.1) is 0 Å². The van der Waals surface area contributed by atoms with Gasteiger partial charge in [-0.2, -0.15) is 0 Å². The molecule has 2 atom stereocenters. The predicted octanol–water partition coefficient (Wildman–Crippen LogP) is 0.766. The average molecular weight is 255 g/mol. The third-order valence-electron chi connectivity index (χ3n) is 4.29. The summed E-state index contributed by atoms with van der Waals surface area (Å²) in [7, 11) is 0. The minimum atomic E-state index is 0.580. The molecule has 2 unspecified atom stereocenters. The zero-order chi connectivity index (χ0) is 13.0. The first-order valence-corrected chi connectivity index (χ1v) is 7.46. The van der Waals surface area contributed by atoms with Crippen LogP contribution in [0.1, 0.15) is 26.7 Å². The van der Waals surface area contributed by atoms with Crippen LogP contribution in [0.15, 0.2) is 0 Å². The lowest BCUT2D eigenvalue weighted by Gasteiger charge is -2.33. The van der Waals surface area contributed by atoms with Gasteiger partial charge in [0, 0.05) is 44.8 Å². The summed E-state index contributed by atoms with van der Waals surface area (Å²) in [5, 5.41) is 0. The van der Waals surface area contributed by atoms with Crippen LogP contribution in [-0.2, 0) is 4.74 Å². The van der Waals surface area contributed by atoms with Gasteiger partial charge in [0.25, 0.3) is 0 Å². The summed E-state index contributed by atoms with van der Waals surface area (Å²) >= 11 is 0. The van der Waals surface area contributed by atoms with Crippen LogP contribution in [0.5, 0.6) is 0 Å². The summed E-state index contributed by atoms with van der Waals surface area (Å²) in [5.74, 6) is 0.737. The fourth-order valence-corrected chi connectivity index (χ4v) is 3.28. The van der Waals surface area contributed by atoms with Crippen LogP contribution < -0.4 is 5.73 Å². The van der Waals surface area contributed by atoms with Gasteiger partial charge in [0.15, 0.2) is 0 Å². The maximum atomic E-state index is 5.95. The first-order valence-electron chi connectivity index (χ1n) is 7.46. The Labute approximate surface area is 111 Å². The Balaban J connectivity index is 1.82. The van der Waals surface area contributed by atoms with Gasteiger partial charge in [0.2, 0.25) is 0 Å². The number of nitrogens with two attached hydrogens (primary N) is 1. The standard InChI is InChI=1S/C14H29N3O/c1-12(2)9-14(10-15)17-4-3-13(11-17)16-5-7-18-8-6-16/h12-14H,3-11,15H2,1-2H3. The fraction of sp³-hybridized carbons (Fsp3) is 1.00. The van der Waals surface area contributed by atoms with Crippen molar-refractivity contribution in [2.75, 3.05) is 45.9 Å². The van der Waals surface area contributed by atoms with Gasteiger partial charge in [0.05, 0.1) is 13.2 Å². The molecule has 0 aromatic carbocycles. The van der Waals surface area contributed by atoms with Gasteiger partial charge in [0.1, 0.15) is 0 Å². The molecule has 0 saturated carbocycles. The summed E-state index contributed by atoms with van der Waals surface area (Å²) in [6.45, 7) is 11.8. The quantitative estimate of drug-likeness (QED) is 0.788. The van der Waals surface area contributed by atoms with Crippen molar-refractivity contribution < 1.29 is 4.74 Å². The van der Waals surface area contributed by atoms with Crippen LogP contribution in [0, 0.1) is 5.92 Å². The second kappa shape index (κ2) is 6.85. The molecule has 0 radical (unpaired) electrons. The molecule has 2 aliphatic rings. The Bertz CT molecular complexity index is 241. The molecule has 0 aromatic rings. The van der Waals surface area contributed by atoms with Crippen LogP contribution in [0.2, 0.25) is 0 Å². The molecule has 18 heavy (non-hydrogen) atoms. The predicted molar refractivity (Wildman–Crippen MR) is 74.7 cm³/mol. The SMILES string of the molecule is CC(C)CC(CN)N1CCC(N2CCOCC2)C1. The highest BCUT2D eigenvalue weighted by Gasteiger charge is 2.31. The second-order valence-electron chi connectivity index (χ2n) is 6.10. The van der Waals surface area contributed by atoms with Crippen molar-refractivity contribution in [2.24, 2.45) is 11.7 Å². The van der Waals surface area contributed by atoms with Gasteiger partial charge in [-0.25, -0.2) is 0 Å². The summed E-state index contributed by atoms with van der Waals surface area (Å²) in [4.78, 5) is 5.21. The maximum Gasteiger partial charge on any atom is 0.0594 e. The van der Waals surface area contributed by atoms with Crippen LogP contribution in [0.3, 0.4) is 0 Å². The normalized spacial score (nSPS) is 29.0. The van der Waals surface area contributed by atoms with Gasteiger partial charge in [-0.3, -0.25) is 9.80 Å². The van der Waals surface area contributed by atoms with Crippen LogP contribution in [0.25, 0.3) is 0 Å². The van der Waals surface area contributed by atoms with Crippen LogP contribution in [0.4, 0.5) is 0 Å². The zero-order valence-corrected chi connectivity index (χ0v) is 12.0. The lowest BCUT2D eigenvalue weighted by molar-refractivity contribution is 0.0174. The van der Waals surface area contributed by atoms with E-state index in [-0.39, 0.29) is 0 Å². The lowest BCUT2D eigenvalue weighted by atomic mass is 10.0. The Morgan fingerprint density at radius 1 is 1.22 bits per heavy atom. The van der Waals surface area contributed by atoms with E-state index in [4.69, 9.17) is 10.5 Å². The topological polar surface area (TPSA) is 41.7 Å². The minimum Gasteiger partial charge on any atom is -0.379 e. The van der Waals surface area contributed by atoms with Crippen molar-refractivity contribution in [3.8, 4) is 0 Å². The van der Waals surface area contributed by atoms with Gasteiger partial charge in [-0.1, -0.05) is 13.8 Å². The van der Waals surface area contributed by atoms with Crippen molar-refractivity contribution in [2.45, 2.75) is 38.8 Å². The summed E-state index contributed by atoms with van der Waals surface area (Å²) in [6.07, 6.45) is 2.53. The van der Waals surface area contributed by atoms with Gasteiger partial charge >= 0.3 is 0 Å². The average Bonchev–Trinajstić information content (AvgIpc) is 2.86. The second-order valence-corrected chi connectivity index (χ2v) is 6.10. The molecular weight excluding hydrogens is 226 g/mol. The Morgan fingerprint density at radius 3 is 2.56 bits per heavy atom. The molecule has 2 rings (SSSR count). The first kappa shape index (κ1) is 14.3. The molecule has 4 heteroatoms.